The van der Waals surface area contributed by atoms with Crippen molar-refractivity contribution in [2.45, 2.75) is 31.7 Å². The number of anilines is 1. The summed E-state index contributed by atoms with van der Waals surface area (Å²) in [7, 11) is 0. The molecular weight excluding hydrogens is 276 g/mol. The van der Waals surface area contributed by atoms with Crippen LogP contribution in [0, 0.1) is 12.8 Å². The third-order valence-corrected chi connectivity index (χ3v) is 4.94. The molecule has 0 amide bonds. The third-order valence-electron chi connectivity index (χ3n) is 4.94. The van der Waals surface area contributed by atoms with E-state index >= 15 is 0 Å². The number of hydrogen-bond donors (Lipinski definition) is 3. The van der Waals surface area contributed by atoms with E-state index in [1.807, 2.05) is 6.20 Å². The van der Waals surface area contributed by atoms with E-state index in [2.05, 4.69) is 32.1 Å². The molecule has 22 heavy (non-hydrogen) atoms. The van der Waals surface area contributed by atoms with Gasteiger partial charge in [-0.05, 0) is 44.2 Å². The second-order valence-corrected chi connectivity index (χ2v) is 7.00. The molecule has 1 aliphatic carbocycles. The minimum atomic E-state index is -0.156. The Bertz CT molecular complexity index is 676. The lowest BCUT2D eigenvalue weighted by atomic mass is 10.0. The number of hydrogen-bond acceptors (Lipinski definition) is 5. The second kappa shape index (κ2) is 5.21. The van der Waals surface area contributed by atoms with Crippen LogP contribution in [-0.4, -0.2) is 46.7 Å². The van der Waals surface area contributed by atoms with Gasteiger partial charge < -0.3 is 20.9 Å². The molecule has 2 fully saturated rings. The van der Waals surface area contributed by atoms with Crippen molar-refractivity contribution in [3.05, 3.63) is 18.1 Å². The second-order valence-electron chi connectivity index (χ2n) is 7.00. The molecule has 4 N–H and O–H groups in total. The maximum atomic E-state index is 6.60. The van der Waals surface area contributed by atoms with Gasteiger partial charge in [0.15, 0.2) is 0 Å². The Hall–Kier alpha value is -1.66. The highest BCUT2D eigenvalue weighted by Crippen LogP contribution is 2.31. The first-order valence-corrected chi connectivity index (χ1v) is 8.18. The Morgan fingerprint density at radius 3 is 3.14 bits per heavy atom. The van der Waals surface area contributed by atoms with Gasteiger partial charge in [-0.2, -0.15) is 0 Å². The zero-order chi connectivity index (χ0) is 15.2. The van der Waals surface area contributed by atoms with Crippen LogP contribution >= 0.6 is 0 Å². The first-order chi connectivity index (χ1) is 10.6. The Morgan fingerprint density at radius 2 is 2.32 bits per heavy atom. The first kappa shape index (κ1) is 14.0. The number of aryl methyl sites for hydroxylation is 1. The van der Waals surface area contributed by atoms with Gasteiger partial charge in [0, 0.05) is 31.4 Å². The number of H-pyrrole nitrogens is 1. The van der Waals surface area contributed by atoms with Crippen LogP contribution in [0.2, 0.25) is 0 Å². The number of aromatic nitrogens is 3. The average molecular weight is 300 g/mol. The summed E-state index contributed by atoms with van der Waals surface area (Å²) in [4.78, 5) is 14.3. The summed E-state index contributed by atoms with van der Waals surface area (Å²) in [6.45, 7) is 5.91. The predicted molar refractivity (Wildman–Crippen MR) is 88.0 cm³/mol. The Labute approximate surface area is 130 Å². The molecule has 0 radical (unpaired) electrons. The van der Waals surface area contributed by atoms with E-state index in [-0.39, 0.29) is 5.54 Å². The van der Waals surface area contributed by atoms with Crippen molar-refractivity contribution < 1.29 is 0 Å². The standard InChI is InChI=1S/C16H24N6/c1-11-6-19-14-13(11)15(21-10-20-14)22-5-4-16(17,9-22)8-18-7-12-2-3-12/h6,10,12,18H,2-5,7-9,17H2,1H3,(H,19,20,21). The number of aromatic amines is 1. The van der Waals surface area contributed by atoms with Gasteiger partial charge in [-0.15, -0.1) is 0 Å². The van der Waals surface area contributed by atoms with E-state index in [1.165, 1.54) is 18.4 Å². The van der Waals surface area contributed by atoms with Gasteiger partial charge in [0.05, 0.1) is 5.39 Å². The Balaban J connectivity index is 1.49. The SMILES string of the molecule is Cc1c[nH]c2ncnc(N3CCC(N)(CNCC4CC4)C3)c12. The summed E-state index contributed by atoms with van der Waals surface area (Å²) < 4.78 is 0. The van der Waals surface area contributed by atoms with Crippen LogP contribution in [0.5, 0.6) is 0 Å². The molecule has 0 aromatic carbocycles. The molecule has 6 nitrogen and oxygen atoms in total. The molecule has 0 spiro atoms. The molecule has 1 atom stereocenters. The van der Waals surface area contributed by atoms with Crippen molar-refractivity contribution in [1.29, 1.82) is 0 Å². The Morgan fingerprint density at radius 1 is 1.45 bits per heavy atom. The van der Waals surface area contributed by atoms with Gasteiger partial charge in [0.1, 0.15) is 17.8 Å². The van der Waals surface area contributed by atoms with Crippen molar-refractivity contribution in [1.82, 2.24) is 20.3 Å². The highest BCUT2D eigenvalue weighted by Gasteiger charge is 2.36. The topological polar surface area (TPSA) is 82.9 Å². The van der Waals surface area contributed by atoms with Crippen LogP contribution in [0.25, 0.3) is 11.0 Å². The summed E-state index contributed by atoms with van der Waals surface area (Å²) in [6.07, 6.45) is 7.38. The van der Waals surface area contributed by atoms with E-state index in [0.717, 1.165) is 55.4 Å². The maximum Gasteiger partial charge on any atom is 0.143 e. The summed E-state index contributed by atoms with van der Waals surface area (Å²) in [5.74, 6) is 1.91. The number of nitrogens with two attached hydrogens (primary N) is 1. The maximum absolute atomic E-state index is 6.60. The molecule has 6 heteroatoms. The van der Waals surface area contributed by atoms with Crippen molar-refractivity contribution >= 4 is 16.9 Å². The summed E-state index contributed by atoms with van der Waals surface area (Å²) >= 11 is 0. The fourth-order valence-electron chi connectivity index (χ4n) is 3.41. The predicted octanol–water partition coefficient (Wildman–Crippen LogP) is 1.17. The molecule has 1 saturated heterocycles. The normalized spacial score (nSPS) is 25.3. The number of fused-ring (bicyclic) bond motifs is 1. The highest BCUT2D eigenvalue weighted by molar-refractivity contribution is 5.90. The zero-order valence-electron chi connectivity index (χ0n) is 13.1. The fraction of sp³-hybridized carbons (Fsp3) is 0.625. The number of rotatable bonds is 5. The van der Waals surface area contributed by atoms with Crippen LogP contribution in [-0.2, 0) is 0 Å². The molecule has 4 rings (SSSR count). The molecule has 0 bridgehead atoms. The summed E-state index contributed by atoms with van der Waals surface area (Å²) in [6, 6.07) is 0. The average Bonchev–Trinajstić information content (AvgIpc) is 3.14. The summed E-state index contributed by atoms with van der Waals surface area (Å²) in [5, 5.41) is 4.68. The van der Waals surface area contributed by atoms with E-state index < -0.39 is 0 Å². The number of nitrogens with one attached hydrogen (secondary N) is 2. The molecule has 1 aliphatic heterocycles. The van der Waals surface area contributed by atoms with Crippen LogP contribution < -0.4 is 16.0 Å². The first-order valence-electron chi connectivity index (χ1n) is 8.18. The molecule has 2 aromatic heterocycles. The van der Waals surface area contributed by atoms with Gasteiger partial charge >= 0.3 is 0 Å². The minimum Gasteiger partial charge on any atom is -0.354 e. The van der Waals surface area contributed by atoms with E-state index in [0.29, 0.717) is 0 Å². The smallest absolute Gasteiger partial charge is 0.143 e. The summed E-state index contributed by atoms with van der Waals surface area (Å²) in [5.41, 5.74) is 8.53. The lowest BCUT2D eigenvalue weighted by Gasteiger charge is -2.25. The van der Waals surface area contributed by atoms with Crippen molar-refractivity contribution in [2.75, 3.05) is 31.1 Å². The molecule has 1 unspecified atom stereocenters. The van der Waals surface area contributed by atoms with Crippen LogP contribution in [0.3, 0.4) is 0 Å². The third kappa shape index (κ3) is 2.57. The minimum absolute atomic E-state index is 0.156. The van der Waals surface area contributed by atoms with Gasteiger partial charge in [0.25, 0.3) is 0 Å². The van der Waals surface area contributed by atoms with Crippen molar-refractivity contribution in [3.8, 4) is 0 Å². The van der Waals surface area contributed by atoms with E-state index in [1.54, 1.807) is 6.33 Å². The monoisotopic (exact) mass is 300 g/mol. The van der Waals surface area contributed by atoms with Crippen LogP contribution in [0.4, 0.5) is 5.82 Å². The fourth-order valence-corrected chi connectivity index (χ4v) is 3.41. The van der Waals surface area contributed by atoms with Gasteiger partial charge in [0.2, 0.25) is 0 Å². The van der Waals surface area contributed by atoms with Crippen LogP contribution in [0.1, 0.15) is 24.8 Å². The van der Waals surface area contributed by atoms with E-state index in [4.69, 9.17) is 5.73 Å². The lowest BCUT2D eigenvalue weighted by Crippen LogP contribution is -2.51. The van der Waals surface area contributed by atoms with Crippen molar-refractivity contribution in [3.63, 3.8) is 0 Å². The van der Waals surface area contributed by atoms with Crippen molar-refractivity contribution in [2.24, 2.45) is 11.7 Å². The van der Waals surface area contributed by atoms with E-state index in [9.17, 15) is 0 Å². The number of nitrogens with zero attached hydrogens (tertiary/aromatic N) is 3. The molecule has 2 aromatic rings. The molecule has 1 saturated carbocycles. The quantitative estimate of drug-likeness (QED) is 0.772. The lowest BCUT2D eigenvalue weighted by molar-refractivity contribution is 0.427. The van der Waals surface area contributed by atoms with Crippen LogP contribution in [0.15, 0.2) is 12.5 Å². The zero-order valence-corrected chi connectivity index (χ0v) is 13.1. The molecular formula is C16H24N6. The highest BCUT2D eigenvalue weighted by atomic mass is 15.2. The molecule has 3 heterocycles. The molecule has 2 aliphatic rings. The Kier molecular flexibility index (Phi) is 3.31. The van der Waals surface area contributed by atoms with Gasteiger partial charge in [-0.25, -0.2) is 9.97 Å². The van der Waals surface area contributed by atoms with Gasteiger partial charge in [-0.3, -0.25) is 0 Å². The largest absolute Gasteiger partial charge is 0.354 e. The van der Waals surface area contributed by atoms with Gasteiger partial charge in [-0.1, -0.05) is 0 Å². The molecule has 118 valence electrons.